The van der Waals surface area contributed by atoms with Crippen LogP contribution in [0.25, 0.3) is 11.3 Å². The van der Waals surface area contributed by atoms with Gasteiger partial charge in [0.15, 0.2) is 6.29 Å². The first kappa shape index (κ1) is 14.1. The van der Waals surface area contributed by atoms with Gasteiger partial charge < -0.3 is 0 Å². The Bertz CT molecular complexity index is 810. The third-order valence-electron chi connectivity index (χ3n) is 2.93. The normalized spacial score (nSPS) is 10.6. The van der Waals surface area contributed by atoms with Crippen molar-refractivity contribution in [2.45, 2.75) is 6.54 Å². The zero-order valence-corrected chi connectivity index (χ0v) is 11.9. The lowest BCUT2D eigenvalue weighted by molar-refractivity contribution is 0.0869. The van der Waals surface area contributed by atoms with Crippen molar-refractivity contribution in [1.29, 1.82) is 0 Å². The van der Waals surface area contributed by atoms with E-state index in [4.69, 9.17) is 11.6 Å². The number of hydrogen-bond donors (Lipinski definition) is 0. The minimum Gasteiger partial charge on any atom is -0.298 e. The molecule has 0 bridgehead atoms. The zero-order valence-electron chi connectivity index (χ0n) is 11.1. The smallest absolute Gasteiger partial charge is 0.268 e. The van der Waals surface area contributed by atoms with Gasteiger partial charge in [0.1, 0.15) is 18.6 Å². The molecule has 0 aliphatic heterocycles. The summed E-state index contributed by atoms with van der Waals surface area (Å²) in [4.78, 5) is 23.3. The van der Waals surface area contributed by atoms with E-state index in [1.165, 1.54) is 17.2 Å². The first-order valence-electron chi connectivity index (χ1n) is 6.22. The summed E-state index contributed by atoms with van der Waals surface area (Å²) in [7, 11) is 0. The molecule has 2 aromatic heterocycles. The second-order valence-corrected chi connectivity index (χ2v) is 4.84. The summed E-state index contributed by atoms with van der Waals surface area (Å²) in [5.41, 5.74) is 1.42. The topological polar surface area (TPSA) is 95.6 Å². The average Bonchev–Trinajstić information content (AvgIpc) is 3.17. The predicted molar refractivity (Wildman–Crippen MR) is 76.5 cm³/mol. The molecule has 0 fully saturated rings. The molecule has 0 amide bonds. The van der Waals surface area contributed by atoms with E-state index in [1.807, 2.05) is 0 Å². The summed E-state index contributed by atoms with van der Waals surface area (Å²) >= 11 is 5.84. The van der Waals surface area contributed by atoms with Gasteiger partial charge in [-0.3, -0.25) is 9.59 Å². The van der Waals surface area contributed by atoms with E-state index in [-0.39, 0.29) is 12.5 Å². The van der Waals surface area contributed by atoms with Gasteiger partial charge in [-0.15, -0.1) is 5.10 Å². The number of nitrogens with zero attached hydrogens (tertiary/aromatic N) is 6. The number of halogens is 1. The van der Waals surface area contributed by atoms with Gasteiger partial charge in [-0.25, -0.2) is 9.36 Å². The lowest BCUT2D eigenvalue weighted by Gasteiger charge is -2.00. The fraction of sp³-hybridized carbons (Fsp3) is 0.0769. The van der Waals surface area contributed by atoms with Crippen LogP contribution < -0.4 is 0 Å². The van der Waals surface area contributed by atoms with Gasteiger partial charge in [0.05, 0.1) is 5.56 Å². The molecule has 0 atom stereocenters. The van der Waals surface area contributed by atoms with Crippen molar-refractivity contribution in [3.63, 3.8) is 0 Å². The molecule has 2 heterocycles. The third-order valence-corrected chi connectivity index (χ3v) is 3.18. The molecule has 1 aromatic carbocycles. The fourth-order valence-electron chi connectivity index (χ4n) is 1.90. The van der Waals surface area contributed by atoms with E-state index in [0.29, 0.717) is 28.1 Å². The summed E-state index contributed by atoms with van der Waals surface area (Å²) < 4.78 is 2.38. The van der Waals surface area contributed by atoms with Crippen LogP contribution >= 0.6 is 11.6 Å². The van der Waals surface area contributed by atoms with Gasteiger partial charge in [0, 0.05) is 16.8 Å². The van der Waals surface area contributed by atoms with Crippen molar-refractivity contribution in [2.75, 3.05) is 0 Å². The fourth-order valence-corrected chi connectivity index (χ4v) is 2.02. The Kier molecular flexibility index (Phi) is 3.75. The Hall–Kier alpha value is -2.87. The Morgan fingerprint density at radius 2 is 2.05 bits per heavy atom. The standard InChI is InChI=1S/C13H9ClN6O2/c14-11-3-1-9(2-4-11)13-10(7-21)5-20(16-13)12(22)6-19-8-15-17-18-19/h1-5,7-8H,6H2. The maximum atomic E-state index is 12.1. The van der Waals surface area contributed by atoms with Gasteiger partial charge >= 0.3 is 0 Å². The molecule has 0 spiro atoms. The summed E-state index contributed by atoms with van der Waals surface area (Å²) in [6.07, 6.45) is 3.35. The lowest BCUT2D eigenvalue weighted by atomic mass is 10.1. The zero-order chi connectivity index (χ0) is 15.5. The van der Waals surface area contributed by atoms with Crippen LogP contribution in [0.15, 0.2) is 36.8 Å². The molecule has 0 aliphatic carbocycles. The minimum atomic E-state index is -0.365. The van der Waals surface area contributed by atoms with Crippen molar-refractivity contribution >= 4 is 23.8 Å². The van der Waals surface area contributed by atoms with E-state index in [2.05, 4.69) is 20.6 Å². The summed E-state index contributed by atoms with van der Waals surface area (Å²) in [5, 5.41) is 15.2. The summed E-state index contributed by atoms with van der Waals surface area (Å²) in [6, 6.07) is 6.84. The maximum absolute atomic E-state index is 12.1. The molecule has 0 radical (unpaired) electrons. The number of hydrogen-bond acceptors (Lipinski definition) is 6. The first-order valence-corrected chi connectivity index (χ1v) is 6.60. The highest BCUT2D eigenvalue weighted by atomic mass is 35.5. The Labute approximate surface area is 129 Å². The molecular weight excluding hydrogens is 308 g/mol. The van der Waals surface area contributed by atoms with E-state index in [1.54, 1.807) is 24.3 Å². The van der Waals surface area contributed by atoms with Crippen molar-refractivity contribution in [3.8, 4) is 11.3 Å². The monoisotopic (exact) mass is 316 g/mol. The van der Waals surface area contributed by atoms with Crippen LogP contribution in [0.1, 0.15) is 15.2 Å². The van der Waals surface area contributed by atoms with Crippen molar-refractivity contribution < 1.29 is 9.59 Å². The minimum absolute atomic E-state index is 0.0764. The highest BCUT2D eigenvalue weighted by molar-refractivity contribution is 6.30. The van der Waals surface area contributed by atoms with E-state index in [0.717, 1.165) is 4.68 Å². The Balaban J connectivity index is 1.92. The quantitative estimate of drug-likeness (QED) is 0.674. The molecule has 3 aromatic rings. The van der Waals surface area contributed by atoms with Gasteiger partial charge in [0.2, 0.25) is 0 Å². The first-order chi connectivity index (χ1) is 10.7. The van der Waals surface area contributed by atoms with Gasteiger partial charge in [-0.05, 0) is 22.6 Å². The van der Waals surface area contributed by atoms with Crippen LogP contribution in [0.2, 0.25) is 5.02 Å². The number of aldehydes is 1. The largest absolute Gasteiger partial charge is 0.298 e. The highest BCUT2D eigenvalue weighted by Gasteiger charge is 2.15. The molecule has 110 valence electrons. The molecule has 8 nitrogen and oxygen atoms in total. The number of rotatable bonds is 4. The summed E-state index contributed by atoms with van der Waals surface area (Å²) in [6.45, 7) is -0.0764. The lowest BCUT2D eigenvalue weighted by Crippen LogP contribution is -2.18. The van der Waals surface area contributed by atoms with Crippen LogP contribution in [0.4, 0.5) is 0 Å². The number of carbonyl (C=O) groups is 2. The number of benzene rings is 1. The van der Waals surface area contributed by atoms with Gasteiger partial charge in [-0.2, -0.15) is 5.10 Å². The number of carbonyl (C=O) groups excluding carboxylic acids is 2. The molecule has 0 N–H and O–H groups in total. The molecule has 9 heteroatoms. The Morgan fingerprint density at radius 1 is 1.27 bits per heavy atom. The molecule has 0 saturated heterocycles. The molecule has 0 saturated carbocycles. The average molecular weight is 317 g/mol. The predicted octanol–water partition coefficient (Wildman–Crippen LogP) is 1.34. The molecule has 22 heavy (non-hydrogen) atoms. The van der Waals surface area contributed by atoms with E-state index < -0.39 is 0 Å². The van der Waals surface area contributed by atoms with Gasteiger partial charge in [0.25, 0.3) is 5.91 Å². The second kappa shape index (κ2) is 5.86. The molecule has 0 aliphatic rings. The number of tetrazole rings is 1. The molecule has 0 unspecified atom stereocenters. The van der Waals surface area contributed by atoms with Crippen LogP contribution in [0, 0.1) is 0 Å². The van der Waals surface area contributed by atoms with Crippen LogP contribution in [0.5, 0.6) is 0 Å². The SMILES string of the molecule is O=Cc1cn(C(=O)Cn2cnnn2)nc1-c1ccc(Cl)cc1. The van der Waals surface area contributed by atoms with Crippen molar-refractivity contribution in [2.24, 2.45) is 0 Å². The highest BCUT2D eigenvalue weighted by Crippen LogP contribution is 2.22. The molecule has 3 rings (SSSR count). The Morgan fingerprint density at radius 3 is 2.68 bits per heavy atom. The van der Waals surface area contributed by atoms with Crippen LogP contribution in [-0.4, -0.2) is 42.2 Å². The maximum Gasteiger partial charge on any atom is 0.268 e. The molecular formula is C13H9ClN6O2. The van der Waals surface area contributed by atoms with Crippen LogP contribution in [0.3, 0.4) is 0 Å². The van der Waals surface area contributed by atoms with Crippen molar-refractivity contribution in [1.82, 2.24) is 30.0 Å². The second-order valence-electron chi connectivity index (χ2n) is 4.40. The van der Waals surface area contributed by atoms with Gasteiger partial charge in [-0.1, -0.05) is 23.7 Å². The van der Waals surface area contributed by atoms with Crippen LogP contribution in [-0.2, 0) is 6.54 Å². The third kappa shape index (κ3) is 2.77. The van der Waals surface area contributed by atoms with Crippen molar-refractivity contribution in [3.05, 3.63) is 47.4 Å². The number of aromatic nitrogens is 6. The summed E-state index contributed by atoms with van der Waals surface area (Å²) in [5.74, 6) is -0.365. The van der Waals surface area contributed by atoms with E-state index in [9.17, 15) is 9.59 Å². The van der Waals surface area contributed by atoms with E-state index >= 15 is 0 Å².